The summed E-state index contributed by atoms with van der Waals surface area (Å²) in [5.74, 6) is 0.174. The first kappa shape index (κ1) is 17.8. The summed E-state index contributed by atoms with van der Waals surface area (Å²) in [5.41, 5.74) is 1.88. The van der Waals surface area contributed by atoms with Crippen LogP contribution in [-0.2, 0) is 25.8 Å². The molecule has 0 N–H and O–H groups in total. The SMILES string of the molecule is CCCS(=O)(=O)N1CCc2ccc(B3OC(C)(C)C(C)(C)O3)cc21. The van der Waals surface area contributed by atoms with Gasteiger partial charge >= 0.3 is 7.12 Å². The van der Waals surface area contributed by atoms with E-state index in [0.717, 1.165) is 23.1 Å². The highest BCUT2D eigenvalue weighted by Gasteiger charge is 2.52. The number of rotatable bonds is 4. The third-order valence-corrected chi connectivity index (χ3v) is 7.26. The Morgan fingerprint density at radius 2 is 1.79 bits per heavy atom. The van der Waals surface area contributed by atoms with Crippen molar-refractivity contribution in [1.29, 1.82) is 0 Å². The molecule has 3 rings (SSSR count). The Morgan fingerprint density at radius 3 is 2.38 bits per heavy atom. The summed E-state index contributed by atoms with van der Waals surface area (Å²) in [7, 11) is -3.73. The average molecular weight is 351 g/mol. The Balaban J connectivity index is 1.93. The molecule has 1 fully saturated rings. The molecule has 0 aromatic heterocycles. The minimum absolute atomic E-state index is 0.174. The Morgan fingerprint density at radius 1 is 1.17 bits per heavy atom. The van der Waals surface area contributed by atoms with Crippen molar-refractivity contribution in [2.45, 2.75) is 58.7 Å². The van der Waals surface area contributed by atoms with Crippen molar-refractivity contribution in [3.05, 3.63) is 23.8 Å². The van der Waals surface area contributed by atoms with E-state index in [1.54, 1.807) is 4.31 Å². The van der Waals surface area contributed by atoms with Gasteiger partial charge in [-0.15, -0.1) is 0 Å². The van der Waals surface area contributed by atoms with Crippen molar-refractivity contribution >= 4 is 28.3 Å². The first-order valence-corrected chi connectivity index (χ1v) is 10.2. The minimum atomic E-state index is -3.26. The molecule has 2 aliphatic heterocycles. The second-order valence-electron chi connectivity index (χ2n) is 7.61. The highest BCUT2D eigenvalue weighted by Crippen LogP contribution is 2.37. The largest absolute Gasteiger partial charge is 0.494 e. The van der Waals surface area contributed by atoms with Gasteiger partial charge in [-0.25, -0.2) is 8.42 Å². The quantitative estimate of drug-likeness (QED) is 0.780. The summed E-state index contributed by atoms with van der Waals surface area (Å²) < 4.78 is 38.7. The first-order chi connectivity index (χ1) is 11.1. The van der Waals surface area contributed by atoms with Crippen molar-refractivity contribution in [2.75, 3.05) is 16.6 Å². The maximum atomic E-state index is 12.5. The molecular formula is C17H26BNO4S. The van der Waals surface area contributed by atoms with E-state index in [1.165, 1.54) is 0 Å². The van der Waals surface area contributed by atoms with E-state index in [2.05, 4.69) is 0 Å². The monoisotopic (exact) mass is 351 g/mol. The summed E-state index contributed by atoms with van der Waals surface area (Å²) in [6.07, 6.45) is 1.37. The standard InChI is InChI=1S/C17H26BNO4S/c1-6-11-24(20,21)19-10-9-13-7-8-14(12-15(13)19)18-22-16(2,3)17(4,5)23-18/h7-8,12H,6,9-11H2,1-5H3. The summed E-state index contributed by atoms with van der Waals surface area (Å²) in [6, 6.07) is 5.89. The maximum absolute atomic E-state index is 12.5. The summed E-state index contributed by atoms with van der Waals surface area (Å²) >= 11 is 0. The van der Waals surface area contributed by atoms with Crippen LogP contribution in [-0.4, -0.2) is 39.0 Å². The molecule has 1 saturated heterocycles. The van der Waals surface area contributed by atoms with Gasteiger partial charge < -0.3 is 9.31 Å². The molecule has 7 heteroatoms. The van der Waals surface area contributed by atoms with Gasteiger partial charge in [-0.3, -0.25) is 4.31 Å². The van der Waals surface area contributed by atoms with E-state index < -0.39 is 28.3 Å². The number of benzene rings is 1. The Hall–Kier alpha value is -1.05. The molecule has 2 heterocycles. The molecule has 1 aromatic rings. The second kappa shape index (κ2) is 5.75. The van der Waals surface area contributed by atoms with E-state index in [0.29, 0.717) is 13.0 Å². The molecule has 24 heavy (non-hydrogen) atoms. The fourth-order valence-corrected chi connectivity index (χ4v) is 4.73. The fraction of sp³-hybridized carbons (Fsp3) is 0.647. The Bertz CT molecular complexity index is 729. The van der Waals surface area contributed by atoms with Crippen LogP contribution in [0, 0.1) is 0 Å². The molecule has 0 atom stereocenters. The van der Waals surface area contributed by atoms with E-state index in [1.807, 2.05) is 52.8 Å². The smallest absolute Gasteiger partial charge is 0.399 e. The third kappa shape index (κ3) is 2.87. The highest BCUT2D eigenvalue weighted by atomic mass is 32.2. The molecule has 5 nitrogen and oxygen atoms in total. The van der Waals surface area contributed by atoms with Gasteiger partial charge in [0.05, 0.1) is 22.6 Å². The number of hydrogen-bond donors (Lipinski definition) is 0. The van der Waals surface area contributed by atoms with Gasteiger partial charge in [0.25, 0.3) is 0 Å². The van der Waals surface area contributed by atoms with E-state index >= 15 is 0 Å². The van der Waals surface area contributed by atoms with Crippen LogP contribution < -0.4 is 9.77 Å². The lowest BCUT2D eigenvalue weighted by molar-refractivity contribution is 0.00578. The molecule has 0 spiro atoms. The van der Waals surface area contributed by atoms with Crippen LogP contribution in [0.4, 0.5) is 5.69 Å². The van der Waals surface area contributed by atoms with Gasteiger partial charge in [0.2, 0.25) is 10.0 Å². The lowest BCUT2D eigenvalue weighted by Crippen LogP contribution is -2.41. The minimum Gasteiger partial charge on any atom is -0.399 e. The van der Waals surface area contributed by atoms with Gasteiger partial charge in [-0.2, -0.15) is 0 Å². The van der Waals surface area contributed by atoms with Crippen LogP contribution in [0.2, 0.25) is 0 Å². The molecule has 132 valence electrons. The molecule has 0 saturated carbocycles. The zero-order valence-electron chi connectivity index (χ0n) is 15.1. The molecule has 0 amide bonds. The zero-order valence-corrected chi connectivity index (χ0v) is 15.9. The fourth-order valence-electron chi connectivity index (χ4n) is 3.15. The van der Waals surface area contributed by atoms with Gasteiger partial charge in [0.1, 0.15) is 0 Å². The molecule has 0 unspecified atom stereocenters. The van der Waals surface area contributed by atoms with E-state index in [9.17, 15) is 8.42 Å². The van der Waals surface area contributed by atoms with Crippen molar-refractivity contribution in [1.82, 2.24) is 0 Å². The molecule has 2 aliphatic rings. The molecule has 0 bridgehead atoms. The normalized spacial score (nSPS) is 22.0. The van der Waals surface area contributed by atoms with Gasteiger partial charge in [0, 0.05) is 6.54 Å². The van der Waals surface area contributed by atoms with Crippen LogP contribution in [0.25, 0.3) is 0 Å². The second-order valence-corrected chi connectivity index (χ2v) is 9.63. The Labute approximate surface area is 145 Å². The summed E-state index contributed by atoms with van der Waals surface area (Å²) in [4.78, 5) is 0. The number of sulfonamides is 1. The summed E-state index contributed by atoms with van der Waals surface area (Å²) in [6.45, 7) is 10.5. The summed E-state index contributed by atoms with van der Waals surface area (Å²) in [5, 5.41) is 0. The van der Waals surface area contributed by atoms with Gasteiger partial charge in [-0.05, 0) is 57.6 Å². The lowest BCUT2D eigenvalue weighted by atomic mass is 9.78. The molecule has 1 aromatic carbocycles. The molecular weight excluding hydrogens is 325 g/mol. The van der Waals surface area contributed by atoms with Crippen LogP contribution in [0.15, 0.2) is 18.2 Å². The zero-order chi connectivity index (χ0) is 17.8. The van der Waals surface area contributed by atoms with Crippen molar-refractivity contribution in [2.24, 2.45) is 0 Å². The number of fused-ring (bicyclic) bond motifs is 1. The number of hydrogen-bond acceptors (Lipinski definition) is 4. The number of anilines is 1. The van der Waals surface area contributed by atoms with Crippen LogP contribution in [0.5, 0.6) is 0 Å². The third-order valence-electron chi connectivity index (χ3n) is 5.29. The number of nitrogens with zero attached hydrogens (tertiary/aromatic N) is 1. The lowest BCUT2D eigenvalue weighted by Gasteiger charge is -2.32. The van der Waals surface area contributed by atoms with Crippen LogP contribution in [0.1, 0.15) is 46.6 Å². The van der Waals surface area contributed by atoms with Crippen molar-refractivity contribution in [3.63, 3.8) is 0 Å². The maximum Gasteiger partial charge on any atom is 0.494 e. The first-order valence-electron chi connectivity index (χ1n) is 8.56. The molecule has 0 radical (unpaired) electrons. The topological polar surface area (TPSA) is 55.8 Å². The van der Waals surface area contributed by atoms with Crippen molar-refractivity contribution < 1.29 is 17.7 Å². The molecule has 0 aliphatic carbocycles. The Kier molecular flexibility index (Phi) is 4.26. The predicted molar refractivity (Wildman–Crippen MR) is 97.3 cm³/mol. The van der Waals surface area contributed by atoms with Gasteiger partial charge in [0.15, 0.2) is 0 Å². The van der Waals surface area contributed by atoms with Crippen molar-refractivity contribution in [3.8, 4) is 0 Å². The highest BCUT2D eigenvalue weighted by molar-refractivity contribution is 7.92. The van der Waals surface area contributed by atoms with E-state index in [-0.39, 0.29) is 5.75 Å². The van der Waals surface area contributed by atoms with Crippen LogP contribution >= 0.6 is 0 Å². The van der Waals surface area contributed by atoms with Gasteiger partial charge in [-0.1, -0.05) is 19.1 Å². The predicted octanol–water partition coefficient (Wildman–Crippen LogP) is 2.09. The average Bonchev–Trinajstić information content (AvgIpc) is 2.97. The van der Waals surface area contributed by atoms with Crippen LogP contribution in [0.3, 0.4) is 0 Å². The van der Waals surface area contributed by atoms with E-state index in [4.69, 9.17) is 9.31 Å².